The third-order valence-electron chi connectivity index (χ3n) is 2.73. The Bertz CT molecular complexity index is 635. The van der Waals surface area contributed by atoms with Crippen LogP contribution in [-0.4, -0.2) is 30.6 Å². The van der Waals surface area contributed by atoms with E-state index in [0.717, 1.165) is 25.0 Å². The van der Waals surface area contributed by atoms with Crippen molar-refractivity contribution in [2.75, 3.05) is 6.61 Å². The SMILES string of the molecule is O=C(COC(=O)c1cc(F)c(Cl)cc1Cl)NC(=O)NC1CC1. The first kappa shape index (κ1) is 16.5. The third kappa shape index (κ3) is 4.57. The summed E-state index contributed by atoms with van der Waals surface area (Å²) in [7, 11) is 0. The van der Waals surface area contributed by atoms with Crippen LogP contribution in [0.4, 0.5) is 9.18 Å². The first-order chi connectivity index (χ1) is 10.4. The number of rotatable bonds is 4. The molecule has 1 saturated carbocycles. The molecule has 0 unspecified atom stereocenters. The summed E-state index contributed by atoms with van der Waals surface area (Å²) in [6.07, 6.45) is 1.74. The van der Waals surface area contributed by atoms with Gasteiger partial charge in [-0.1, -0.05) is 23.2 Å². The van der Waals surface area contributed by atoms with E-state index in [0.29, 0.717) is 0 Å². The lowest BCUT2D eigenvalue weighted by Crippen LogP contribution is -2.42. The fraction of sp³-hybridized carbons (Fsp3) is 0.308. The Morgan fingerprint density at radius 1 is 1.23 bits per heavy atom. The van der Waals surface area contributed by atoms with Gasteiger partial charge in [0, 0.05) is 6.04 Å². The van der Waals surface area contributed by atoms with Gasteiger partial charge < -0.3 is 10.1 Å². The molecule has 0 radical (unpaired) electrons. The van der Waals surface area contributed by atoms with Crippen LogP contribution in [0.5, 0.6) is 0 Å². The number of halogens is 3. The maximum Gasteiger partial charge on any atom is 0.340 e. The van der Waals surface area contributed by atoms with Crippen LogP contribution in [-0.2, 0) is 9.53 Å². The molecule has 0 atom stereocenters. The van der Waals surface area contributed by atoms with Crippen LogP contribution in [0.25, 0.3) is 0 Å². The van der Waals surface area contributed by atoms with Crippen LogP contribution in [0.3, 0.4) is 0 Å². The highest BCUT2D eigenvalue weighted by Crippen LogP contribution is 2.24. The molecule has 2 N–H and O–H groups in total. The van der Waals surface area contributed by atoms with E-state index in [1.54, 1.807) is 0 Å². The van der Waals surface area contributed by atoms with Crippen molar-refractivity contribution in [3.63, 3.8) is 0 Å². The maximum atomic E-state index is 13.3. The lowest BCUT2D eigenvalue weighted by atomic mass is 10.2. The number of carbonyl (C=O) groups is 3. The number of benzene rings is 1. The van der Waals surface area contributed by atoms with E-state index in [1.807, 2.05) is 5.32 Å². The van der Waals surface area contributed by atoms with Crippen LogP contribution < -0.4 is 10.6 Å². The molecule has 1 fully saturated rings. The summed E-state index contributed by atoms with van der Waals surface area (Å²) < 4.78 is 17.9. The number of ether oxygens (including phenoxy) is 1. The van der Waals surface area contributed by atoms with Gasteiger partial charge in [0.2, 0.25) is 0 Å². The lowest BCUT2D eigenvalue weighted by Gasteiger charge is -2.08. The van der Waals surface area contributed by atoms with Gasteiger partial charge in [-0.2, -0.15) is 0 Å². The minimum atomic E-state index is -1.00. The fourth-order valence-corrected chi connectivity index (χ4v) is 1.96. The van der Waals surface area contributed by atoms with E-state index in [4.69, 9.17) is 23.2 Å². The van der Waals surface area contributed by atoms with Crippen molar-refractivity contribution in [1.82, 2.24) is 10.6 Å². The molecule has 1 aromatic rings. The van der Waals surface area contributed by atoms with E-state index < -0.39 is 30.3 Å². The molecule has 0 aromatic heterocycles. The summed E-state index contributed by atoms with van der Waals surface area (Å²) in [4.78, 5) is 34.4. The van der Waals surface area contributed by atoms with Gasteiger partial charge >= 0.3 is 12.0 Å². The zero-order valence-corrected chi connectivity index (χ0v) is 12.6. The average Bonchev–Trinajstić information content (AvgIpc) is 3.23. The molecule has 3 amide bonds. The Kier molecular flexibility index (Phi) is 5.20. The fourth-order valence-electron chi connectivity index (χ4n) is 1.50. The highest BCUT2D eigenvalue weighted by atomic mass is 35.5. The largest absolute Gasteiger partial charge is 0.452 e. The zero-order valence-electron chi connectivity index (χ0n) is 11.1. The van der Waals surface area contributed by atoms with E-state index in [1.165, 1.54) is 0 Å². The quantitative estimate of drug-likeness (QED) is 0.645. The summed E-state index contributed by atoms with van der Waals surface area (Å²) in [6.45, 7) is -0.697. The van der Waals surface area contributed by atoms with Crippen LogP contribution in [0.2, 0.25) is 10.0 Å². The molecule has 0 bridgehead atoms. The van der Waals surface area contributed by atoms with Gasteiger partial charge in [0.1, 0.15) is 5.82 Å². The predicted octanol–water partition coefficient (Wildman–Crippen LogP) is 2.28. The molecule has 1 aliphatic carbocycles. The van der Waals surface area contributed by atoms with Gasteiger partial charge in [0.25, 0.3) is 5.91 Å². The van der Waals surface area contributed by atoms with Crippen LogP contribution in [0, 0.1) is 5.82 Å². The molecule has 0 saturated heterocycles. The molecule has 1 aromatic carbocycles. The number of hydrogen-bond acceptors (Lipinski definition) is 4. The second kappa shape index (κ2) is 6.93. The van der Waals surface area contributed by atoms with Crippen molar-refractivity contribution in [2.45, 2.75) is 18.9 Å². The summed E-state index contributed by atoms with van der Waals surface area (Å²) >= 11 is 11.2. The summed E-state index contributed by atoms with van der Waals surface area (Å²) in [5.41, 5.74) is -0.265. The number of urea groups is 1. The molecule has 2 rings (SSSR count). The van der Waals surface area contributed by atoms with E-state index in [-0.39, 0.29) is 21.7 Å². The number of imide groups is 1. The molecular weight excluding hydrogens is 338 g/mol. The number of esters is 1. The Morgan fingerprint density at radius 2 is 1.91 bits per heavy atom. The van der Waals surface area contributed by atoms with Crippen molar-refractivity contribution >= 4 is 41.1 Å². The topological polar surface area (TPSA) is 84.5 Å². The highest BCUT2D eigenvalue weighted by molar-refractivity contribution is 6.36. The minimum absolute atomic E-state index is 0.0891. The van der Waals surface area contributed by atoms with Crippen LogP contribution in [0.1, 0.15) is 23.2 Å². The van der Waals surface area contributed by atoms with Gasteiger partial charge in [0.05, 0.1) is 15.6 Å². The molecule has 0 spiro atoms. The smallest absolute Gasteiger partial charge is 0.340 e. The monoisotopic (exact) mass is 348 g/mol. The van der Waals surface area contributed by atoms with Gasteiger partial charge in [-0.3, -0.25) is 10.1 Å². The molecule has 1 aliphatic rings. The zero-order chi connectivity index (χ0) is 16.3. The first-order valence-corrected chi connectivity index (χ1v) is 7.04. The molecule has 118 valence electrons. The highest BCUT2D eigenvalue weighted by Gasteiger charge is 2.24. The first-order valence-electron chi connectivity index (χ1n) is 6.29. The standard InChI is InChI=1S/C13H11Cl2FN2O4/c14-8-4-9(15)10(16)3-7(8)12(20)22-5-11(19)18-13(21)17-6-1-2-6/h3-4,6H,1-2,5H2,(H2,17,18,19,21). The normalized spacial score (nSPS) is 13.4. The number of amides is 3. The van der Waals surface area contributed by atoms with E-state index in [2.05, 4.69) is 10.1 Å². The summed E-state index contributed by atoms with van der Waals surface area (Å²) in [6, 6.07) is 1.30. The Morgan fingerprint density at radius 3 is 2.55 bits per heavy atom. The Balaban J connectivity index is 1.85. The van der Waals surface area contributed by atoms with Crippen LogP contribution >= 0.6 is 23.2 Å². The second-order valence-corrected chi connectivity index (χ2v) is 5.43. The molecule has 6 nitrogen and oxygen atoms in total. The Labute approximate surface area is 134 Å². The minimum Gasteiger partial charge on any atom is -0.452 e. The number of hydrogen-bond donors (Lipinski definition) is 2. The van der Waals surface area contributed by atoms with E-state index >= 15 is 0 Å². The van der Waals surface area contributed by atoms with Gasteiger partial charge in [0.15, 0.2) is 6.61 Å². The van der Waals surface area contributed by atoms with Gasteiger partial charge in [-0.15, -0.1) is 0 Å². The van der Waals surface area contributed by atoms with Crippen molar-refractivity contribution in [3.8, 4) is 0 Å². The van der Waals surface area contributed by atoms with Gasteiger partial charge in [-0.05, 0) is 25.0 Å². The maximum absolute atomic E-state index is 13.3. The molecule has 9 heteroatoms. The predicted molar refractivity (Wildman–Crippen MR) is 76.4 cm³/mol. The summed E-state index contributed by atoms with van der Waals surface area (Å²) in [5.74, 6) is -2.65. The molecule has 0 heterocycles. The van der Waals surface area contributed by atoms with Gasteiger partial charge in [-0.25, -0.2) is 14.0 Å². The summed E-state index contributed by atoms with van der Waals surface area (Å²) in [5, 5.41) is 4.18. The molecular formula is C13H11Cl2FN2O4. The number of nitrogens with one attached hydrogen (secondary N) is 2. The van der Waals surface area contributed by atoms with Crippen molar-refractivity contribution < 1.29 is 23.5 Å². The lowest BCUT2D eigenvalue weighted by molar-refractivity contribution is -0.123. The molecule has 22 heavy (non-hydrogen) atoms. The van der Waals surface area contributed by atoms with Crippen molar-refractivity contribution in [2.24, 2.45) is 0 Å². The second-order valence-electron chi connectivity index (χ2n) is 4.62. The average molecular weight is 349 g/mol. The van der Waals surface area contributed by atoms with E-state index in [9.17, 15) is 18.8 Å². The van der Waals surface area contributed by atoms with Crippen molar-refractivity contribution in [3.05, 3.63) is 33.6 Å². The van der Waals surface area contributed by atoms with Crippen molar-refractivity contribution in [1.29, 1.82) is 0 Å². The Hall–Kier alpha value is -1.86. The number of carbonyl (C=O) groups excluding carboxylic acids is 3. The van der Waals surface area contributed by atoms with Crippen LogP contribution in [0.15, 0.2) is 12.1 Å². The molecule has 0 aliphatic heterocycles. The third-order valence-corrected chi connectivity index (χ3v) is 3.33.